The lowest BCUT2D eigenvalue weighted by atomic mass is 10.1. The molecule has 0 fully saturated rings. The Balaban J connectivity index is 2.42. The van der Waals surface area contributed by atoms with Crippen LogP contribution in [0.4, 0.5) is 0 Å². The van der Waals surface area contributed by atoms with Gasteiger partial charge in [-0.25, -0.2) is 0 Å². The molecule has 0 saturated heterocycles. The van der Waals surface area contributed by atoms with Crippen molar-refractivity contribution in [1.82, 2.24) is 10.1 Å². The summed E-state index contributed by atoms with van der Waals surface area (Å²) in [4.78, 5) is 4.18. The number of aryl methyl sites for hydroxylation is 1. The van der Waals surface area contributed by atoms with Crippen LogP contribution < -0.4 is 5.73 Å². The first-order chi connectivity index (χ1) is 7.58. The quantitative estimate of drug-likeness (QED) is 0.872. The lowest BCUT2D eigenvalue weighted by Gasteiger charge is -1.99. The summed E-state index contributed by atoms with van der Waals surface area (Å²) in [7, 11) is 0. The van der Waals surface area contributed by atoms with E-state index in [0.717, 1.165) is 11.1 Å². The molecule has 1 aromatic heterocycles. The van der Waals surface area contributed by atoms with Crippen LogP contribution in [0, 0.1) is 6.92 Å². The van der Waals surface area contributed by atoms with Gasteiger partial charge in [-0.05, 0) is 31.5 Å². The second-order valence-electron chi connectivity index (χ2n) is 3.73. The normalized spacial score (nSPS) is 12.8. The van der Waals surface area contributed by atoms with Crippen LogP contribution in [-0.4, -0.2) is 10.1 Å². The topological polar surface area (TPSA) is 64.9 Å². The number of hydrogen-bond acceptors (Lipinski definition) is 4. The molecule has 2 N–H and O–H groups in total. The van der Waals surface area contributed by atoms with Crippen LogP contribution >= 0.6 is 11.6 Å². The molecule has 0 spiro atoms. The summed E-state index contributed by atoms with van der Waals surface area (Å²) in [6.45, 7) is 3.77. The van der Waals surface area contributed by atoms with Crippen LogP contribution in [0.25, 0.3) is 11.5 Å². The molecule has 0 aliphatic heterocycles. The van der Waals surface area contributed by atoms with Gasteiger partial charge in [0.05, 0.1) is 16.6 Å². The molecule has 5 heteroatoms. The molecule has 0 bridgehead atoms. The third kappa shape index (κ3) is 2.08. The Morgan fingerprint density at radius 2 is 2.19 bits per heavy atom. The summed E-state index contributed by atoms with van der Waals surface area (Å²) in [5.41, 5.74) is 7.46. The standard InChI is InChI=1S/C11H12ClN3O/c1-6-3-4-8(9(12)5-6)11-14-10(7(2)13)15-16-11/h3-5,7H,13H2,1-2H3. The Morgan fingerprint density at radius 1 is 1.44 bits per heavy atom. The van der Waals surface area contributed by atoms with Gasteiger partial charge in [0.1, 0.15) is 0 Å². The first-order valence-electron chi connectivity index (χ1n) is 4.93. The summed E-state index contributed by atoms with van der Waals surface area (Å²) in [5, 5.41) is 4.38. The smallest absolute Gasteiger partial charge is 0.259 e. The van der Waals surface area contributed by atoms with E-state index in [4.69, 9.17) is 21.9 Å². The highest BCUT2D eigenvalue weighted by atomic mass is 35.5. The Labute approximate surface area is 98.4 Å². The zero-order chi connectivity index (χ0) is 11.7. The molecule has 1 atom stereocenters. The van der Waals surface area contributed by atoms with Gasteiger partial charge in [-0.15, -0.1) is 0 Å². The minimum atomic E-state index is -0.248. The van der Waals surface area contributed by atoms with Gasteiger partial charge in [0, 0.05) is 0 Å². The third-order valence-electron chi connectivity index (χ3n) is 2.20. The summed E-state index contributed by atoms with van der Waals surface area (Å²) in [6, 6.07) is 5.40. The van der Waals surface area contributed by atoms with Crippen molar-refractivity contribution in [2.24, 2.45) is 5.73 Å². The maximum absolute atomic E-state index is 6.09. The third-order valence-corrected chi connectivity index (χ3v) is 2.52. The number of benzene rings is 1. The summed E-state index contributed by atoms with van der Waals surface area (Å²) in [6.07, 6.45) is 0. The molecule has 0 saturated carbocycles. The predicted octanol–water partition coefficient (Wildman–Crippen LogP) is 2.72. The van der Waals surface area contributed by atoms with E-state index in [1.54, 1.807) is 6.92 Å². The molecule has 1 aromatic carbocycles. The lowest BCUT2D eigenvalue weighted by Crippen LogP contribution is -2.06. The fraction of sp³-hybridized carbons (Fsp3) is 0.273. The Kier molecular flexibility index (Phi) is 2.94. The van der Waals surface area contributed by atoms with Gasteiger partial charge in [0.15, 0.2) is 5.82 Å². The molecule has 16 heavy (non-hydrogen) atoms. The van der Waals surface area contributed by atoms with Gasteiger partial charge in [0.25, 0.3) is 5.89 Å². The van der Waals surface area contributed by atoms with Gasteiger partial charge < -0.3 is 10.3 Å². The van der Waals surface area contributed by atoms with Crippen molar-refractivity contribution in [3.8, 4) is 11.5 Å². The molecular formula is C11H12ClN3O. The molecule has 0 amide bonds. The van der Waals surface area contributed by atoms with E-state index in [0.29, 0.717) is 16.7 Å². The maximum atomic E-state index is 6.09. The van der Waals surface area contributed by atoms with E-state index in [9.17, 15) is 0 Å². The van der Waals surface area contributed by atoms with Gasteiger partial charge in [-0.2, -0.15) is 4.98 Å². The lowest BCUT2D eigenvalue weighted by molar-refractivity contribution is 0.418. The highest BCUT2D eigenvalue weighted by Gasteiger charge is 2.13. The first kappa shape index (κ1) is 11.1. The molecule has 0 aliphatic carbocycles. The molecule has 0 aliphatic rings. The van der Waals surface area contributed by atoms with Gasteiger partial charge in [-0.1, -0.05) is 22.8 Å². The molecule has 2 rings (SSSR count). The summed E-state index contributed by atoms with van der Waals surface area (Å²) < 4.78 is 5.11. The molecule has 1 heterocycles. The molecule has 0 radical (unpaired) electrons. The van der Waals surface area contributed by atoms with E-state index in [1.165, 1.54) is 0 Å². The summed E-state index contributed by atoms with van der Waals surface area (Å²) in [5.74, 6) is 0.879. The largest absolute Gasteiger partial charge is 0.334 e. The van der Waals surface area contributed by atoms with Crippen LogP contribution in [0.2, 0.25) is 5.02 Å². The van der Waals surface area contributed by atoms with Crippen molar-refractivity contribution in [2.45, 2.75) is 19.9 Å². The van der Waals surface area contributed by atoms with Crippen LogP contribution in [0.5, 0.6) is 0 Å². The van der Waals surface area contributed by atoms with Crippen molar-refractivity contribution in [3.05, 3.63) is 34.6 Å². The Morgan fingerprint density at radius 3 is 2.75 bits per heavy atom. The summed E-state index contributed by atoms with van der Waals surface area (Å²) >= 11 is 6.09. The van der Waals surface area contributed by atoms with Crippen LogP contribution in [0.1, 0.15) is 24.4 Å². The molecule has 2 aromatic rings. The fourth-order valence-corrected chi connectivity index (χ4v) is 1.64. The SMILES string of the molecule is Cc1ccc(-c2nc(C(C)N)no2)c(Cl)c1. The minimum Gasteiger partial charge on any atom is -0.334 e. The molecule has 84 valence electrons. The molecule has 4 nitrogen and oxygen atoms in total. The zero-order valence-electron chi connectivity index (χ0n) is 9.07. The fourth-order valence-electron chi connectivity index (χ4n) is 1.32. The van der Waals surface area contributed by atoms with Crippen LogP contribution in [0.3, 0.4) is 0 Å². The number of hydrogen-bond donors (Lipinski definition) is 1. The minimum absolute atomic E-state index is 0.248. The average molecular weight is 238 g/mol. The van der Waals surface area contributed by atoms with Crippen molar-refractivity contribution < 1.29 is 4.52 Å². The van der Waals surface area contributed by atoms with Crippen molar-refractivity contribution in [1.29, 1.82) is 0 Å². The van der Waals surface area contributed by atoms with Gasteiger partial charge in [0.2, 0.25) is 0 Å². The number of nitrogens with zero attached hydrogens (tertiary/aromatic N) is 2. The van der Waals surface area contributed by atoms with Crippen molar-refractivity contribution in [3.63, 3.8) is 0 Å². The number of rotatable bonds is 2. The first-order valence-corrected chi connectivity index (χ1v) is 5.31. The predicted molar refractivity (Wildman–Crippen MR) is 62.1 cm³/mol. The monoisotopic (exact) mass is 237 g/mol. The number of nitrogens with two attached hydrogens (primary N) is 1. The van der Waals surface area contributed by atoms with E-state index in [1.807, 2.05) is 25.1 Å². The highest BCUT2D eigenvalue weighted by Crippen LogP contribution is 2.27. The Hall–Kier alpha value is -1.39. The highest BCUT2D eigenvalue weighted by molar-refractivity contribution is 6.33. The average Bonchev–Trinajstić information content (AvgIpc) is 2.66. The zero-order valence-corrected chi connectivity index (χ0v) is 9.82. The van der Waals surface area contributed by atoms with Gasteiger partial charge >= 0.3 is 0 Å². The second kappa shape index (κ2) is 4.23. The van der Waals surface area contributed by atoms with Crippen molar-refractivity contribution in [2.75, 3.05) is 0 Å². The van der Waals surface area contributed by atoms with Crippen LogP contribution in [-0.2, 0) is 0 Å². The van der Waals surface area contributed by atoms with Crippen molar-refractivity contribution >= 4 is 11.6 Å². The van der Waals surface area contributed by atoms with E-state index in [2.05, 4.69) is 10.1 Å². The van der Waals surface area contributed by atoms with E-state index < -0.39 is 0 Å². The van der Waals surface area contributed by atoms with Crippen LogP contribution in [0.15, 0.2) is 22.7 Å². The number of aromatic nitrogens is 2. The molecule has 1 unspecified atom stereocenters. The van der Waals surface area contributed by atoms with Gasteiger partial charge in [-0.3, -0.25) is 0 Å². The second-order valence-corrected chi connectivity index (χ2v) is 4.14. The molecular weight excluding hydrogens is 226 g/mol. The van der Waals surface area contributed by atoms with E-state index in [-0.39, 0.29) is 6.04 Å². The maximum Gasteiger partial charge on any atom is 0.259 e. The number of halogens is 1. The Bertz CT molecular complexity index is 508. The van der Waals surface area contributed by atoms with E-state index >= 15 is 0 Å².